The van der Waals surface area contributed by atoms with Crippen molar-refractivity contribution in [2.45, 2.75) is 26.7 Å². The maximum atomic E-state index is 7.05. The molecule has 0 spiro atoms. The normalized spacial score (nSPS) is 19.3. The molecule has 6 rings (SSSR count). The molecule has 0 N–H and O–H groups in total. The number of hydrogen-bond acceptors (Lipinski definition) is 3. The van der Waals surface area contributed by atoms with Gasteiger partial charge in [-0.1, -0.05) is 62.4 Å². The summed E-state index contributed by atoms with van der Waals surface area (Å²) in [5.74, 6) is 3.92. The highest BCUT2D eigenvalue weighted by molar-refractivity contribution is 6.12. The summed E-state index contributed by atoms with van der Waals surface area (Å²) >= 11 is 0. The molecule has 0 aliphatic carbocycles. The summed E-state index contributed by atoms with van der Waals surface area (Å²) in [5.41, 5.74) is 1.98. The maximum Gasteiger partial charge on any atom is 0.376 e. The van der Waals surface area contributed by atoms with E-state index in [0.29, 0.717) is 11.8 Å². The van der Waals surface area contributed by atoms with Gasteiger partial charge in [0.15, 0.2) is 0 Å². The fourth-order valence-electron chi connectivity index (χ4n) is 5.80. The van der Waals surface area contributed by atoms with Crippen LogP contribution in [-0.2, 0) is 0 Å². The number of methoxy groups -OCH3 is 1. The molecule has 1 saturated heterocycles. The highest BCUT2D eigenvalue weighted by Gasteiger charge is 2.33. The van der Waals surface area contributed by atoms with E-state index in [2.05, 4.69) is 90.1 Å². The second-order valence-corrected chi connectivity index (χ2v) is 10.2. The van der Waals surface area contributed by atoms with E-state index in [1.54, 1.807) is 7.11 Å². The second kappa shape index (κ2) is 9.85. The molecule has 1 aromatic heterocycles. The minimum atomic E-state index is 0.628. The van der Waals surface area contributed by atoms with Crippen molar-refractivity contribution in [3.8, 4) is 11.5 Å². The predicted molar refractivity (Wildman–Crippen MR) is 152 cm³/mol. The Bertz CT molecular complexity index is 1640. The number of aromatic nitrogens is 1. The van der Waals surface area contributed by atoms with E-state index < -0.39 is 0 Å². The molecule has 0 amide bonds. The summed E-state index contributed by atoms with van der Waals surface area (Å²) in [6.45, 7) is 6.63. The first kappa shape index (κ1) is 23.5. The molecular weight excluding hydrogens is 456 g/mol. The molecule has 186 valence electrons. The molecule has 1 aliphatic heterocycles. The molecule has 1 aliphatic rings. The molecule has 4 aromatic carbocycles. The summed E-state index contributed by atoms with van der Waals surface area (Å²) in [5, 5.41) is 5.77. The molecule has 2 atom stereocenters. The smallest absolute Gasteiger partial charge is 0.376 e. The lowest BCUT2D eigenvalue weighted by Crippen LogP contribution is -2.39. The standard InChI is InChI=1S/C33H33N2O2/c1-4-23-21-35(18-16-22(23)2)33(29-15-17-34-31-14-13-25(36-3)20-30(29)31)37-32-19-24-9-5-6-10-26(24)27-11-7-8-12-28(27)32/h5-15,17,19-20,22-23H,4,16,18,21H2,1-3H3/q+1. The Balaban J connectivity index is 1.59. The molecule has 4 nitrogen and oxygen atoms in total. The zero-order chi connectivity index (χ0) is 25.4. The first-order valence-corrected chi connectivity index (χ1v) is 13.3. The third kappa shape index (κ3) is 4.31. The van der Waals surface area contributed by atoms with Crippen LogP contribution in [0.2, 0.25) is 0 Å². The van der Waals surface area contributed by atoms with Gasteiger partial charge in [0.25, 0.3) is 0 Å². The van der Waals surface area contributed by atoms with Crippen molar-refractivity contribution in [1.29, 1.82) is 0 Å². The van der Waals surface area contributed by atoms with Gasteiger partial charge >= 0.3 is 5.90 Å². The minimum absolute atomic E-state index is 0.628. The Kier molecular flexibility index (Phi) is 6.25. The molecular formula is C33H33N2O2+. The molecule has 0 radical (unpaired) electrons. The first-order valence-electron chi connectivity index (χ1n) is 13.3. The van der Waals surface area contributed by atoms with E-state index in [4.69, 9.17) is 9.47 Å². The number of fused-ring (bicyclic) bond motifs is 4. The van der Waals surface area contributed by atoms with Crippen LogP contribution in [0.3, 0.4) is 0 Å². The van der Waals surface area contributed by atoms with Crippen molar-refractivity contribution < 1.29 is 14.0 Å². The van der Waals surface area contributed by atoms with E-state index >= 15 is 0 Å². The van der Waals surface area contributed by atoms with Crippen LogP contribution in [0.1, 0.15) is 32.3 Å². The number of pyridine rings is 1. The summed E-state index contributed by atoms with van der Waals surface area (Å²) in [4.78, 5) is 4.64. The van der Waals surface area contributed by atoms with Gasteiger partial charge in [-0.2, -0.15) is 4.58 Å². The molecule has 0 bridgehead atoms. The van der Waals surface area contributed by atoms with Crippen molar-refractivity contribution in [2.24, 2.45) is 11.8 Å². The Morgan fingerprint density at radius 2 is 1.70 bits per heavy atom. The number of ether oxygens (including phenoxy) is 2. The van der Waals surface area contributed by atoms with Crippen LogP contribution in [0.15, 0.2) is 85.1 Å². The Morgan fingerprint density at radius 3 is 2.51 bits per heavy atom. The van der Waals surface area contributed by atoms with Gasteiger partial charge in [-0.15, -0.1) is 0 Å². The quantitative estimate of drug-likeness (QED) is 0.149. The van der Waals surface area contributed by atoms with Gasteiger partial charge in [0.05, 0.1) is 18.2 Å². The van der Waals surface area contributed by atoms with Crippen LogP contribution in [0.4, 0.5) is 0 Å². The van der Waals surface area contributed by atoms with Gasteiger partial charge in [0, 0.05) is 29.3 Å². The SMILES string of the molecule is CCC1C[N+](=C(Oc2cc3ccccc3c3ccccc23)c2ccnc3ccc(OC)cc23)CCC1C. The molecule has 2 heterocycles. The lowest BCUT2D eigenvalue weighted by molar-refractivity contribution is -0.555. The average molecular weight is 490 g/mol. The molecule has 0 saturated carbocycles. The van der Waals surface area contributed by atoms with Crippen LogP contribution in [0, 0.1) is 11.8 Å². The van der Waals surface area contributed by atoms with Gasteiger partial charge in [-0.3, -0.25) is 4.98 Å². The summed E-state index contributed by atoms with van der Waals surface area (Å²) in [6, 6.07) is 27.4. The largest absolute Gasteiger partial charge is 0.497 e. The van der Waals surface area contributed by atoms with Crippen molar-refractivity contribution in [3.63, 3.8) is 0 Å². The summed E-state index contributed by atoms with van der Waals surface area (Å²) < 4.78 is 15.1. The number of hydrogen-bond donors (Lipinski definition) is 0. The average Bonchev–Trinajstić information content (AvgIpc) is 2.95. The topological polar surface area (TPSA) is 34.4 Å². The Morgan fingerprint density at radius 1 is 0.919 bits per heavy atom. The highest BCUT2D eigenvalue weighted by atomic mass is 16.5. The Hall–Kier alpha value is -3.92. The predicted octanol–water partition coefficient (Wildman–Crippen LogP) is 7.45. The van der Waals surface area contributed by atoms with Gasteiger partial charge in [0.1, 0.15) is 24.6 Å². The van der Waals surface area contributed by atoms with E-state index in [1.807, 2.05) is 18.3 Å². The van der Waals surface area contributed by atoms with Gasteiger partial charge < -0.3 is 9.47 Å². The Labute approximate surface area is 218 Å². The monoisotopic (exact) mass is 489 g/mol. The number of nitrogens with zero attached hydrogens (tertiary/aromatic N) is 2. The number of rotatable bonds is 4. The van der Waals surface area contributed by atoms with Gasteiger partial charge in [-0.25, -0.2) is 0 Å². The molecule has 1 fully saturated rings. The molecule has 2 unspecified atom stereocenters. The van der Waals surface area contributed by atoms with Crippen LogP contribution in [0.25, 0.3) is 32.4 Å². The zero-order valence-electron chi connectivity index (χ0n) is 21.8. The summed E-state index contributed by atoms with van der Waals surface area (Å²) in [6.07, 6.45) is 4.20. The zero-order valence-corrected chi connectivity index (χ0v) is 21.8. The molecule has 4 heteroatoms. The van der Waals surface area contributed by atoms with Gasteiger partial charge in [-0.05, 0) is 58.8 Å². The van der Waals surface area contributed by atoms with Crippen molar-refractivity contribution in [2.75, 3.05) is 20.2 Å². The van der Waals surface area contributed by atoms with Crippen LogP contribution in [-0.4, -0.2) is 35.7 Å². The van der Waals surface area contributed by atoms with Crippen LogP contribution >= 0.6 is 0 Å². The third-order valence-electron chi connectivity index (χ3n) is 8.04. The number of piperidine rings is 1. The van der Waals surface area contributed by atoms with Crippen molar-refractivity contribution in [3.05, 3.63) is 90.6 Å². The second-order valence-electron chi connectivity index (χ2n) is 10.2. The van der Waals surface area contributed by atoms with Crippen LogP contribution in [0.5, 0.6) is 11.5 Å². The minimum Gasteiger partial charge on any atom is -0.497 e. The first-order chi connectivity index (χ1) is 18.2. The lowest BCUT2D eigenvalue weighted by Gasteiger charge is -2.27. The van der Waals surface area contributed by atoms with Crippen molar-refractivity contribution in [1.82, 2.24) is 4.98 Å². The lowest BCUT2D eigenvalue weighted by atomic mass is 9.86. The molecule has 37 heavy (non-hydrogen) atoms. The fraction of sp³-hybridized carbons (Fsp3) is 0.273. The molecule has 5 aromatic rings. The fourth-order valence-corrected chi connectivity index (χ4v) is 5.80. The van der Waals surface area contributed by atoms with E-state index in [1.165, 1.54) is 16.2 Å². The van der Waals surface area contributed by atoms with E-state index in [0.717, 1.165) is 65.2 Å². The van der Waals surface area contributed by atoms with E-state index in [-0.39, 0.29) is 0 Å². The number of benzene rings is 4. The maximum absolute atomic E-state index is 7.05. The van der Waals surface area contributed by atoms with Crippen LogP contribution < -0.4 is 9.47 Å². The third-order valence-corrected chi connectivity index (χ3v) is 8.04. The summed E-state index contributed by atoms with van der Waals surface area (Å²) in [7, 11) is 1.71. The van der Waals surface area contributed by atoms with E-state index in [9.17, 15) is 0 Å². The highest BCUT2D eigenvalue weighted by Crippen LogP contribution is 2.35. The van der Waals surface area contributed by atoms with Gasteiger partial charge in [0.2, 0.25) is 0 Å². The van der Waals surface area contributed by atoms with Crippen molar-refractivity contribution >= 4 is 38.3 Å².